The number of hydrogen-bond donors (Lipinski definition) is 0. The zero-order valence-electron chi connectivity index (χ0n) is 14.3. The first-order chi connectivity index (χ1) is 10.8. The highest BCUT2D eigenvalue weighted by Crippen LogP contribution is 2.33. The molecule has 0 radical (unpaired) electrons. The fourth-order valence-corrected chi connectivity index (χ4v) is 4.34. The van der Waals surface area contributed by atoms with Crippen molar-refractivity contribution in [2.24, 2.45) is 11.8 Å². The van der Waals surface area contributed by atoms with E-state index < -0.39 is 0 Å². The Morgan fingerprint density at radius 2 is 1.36 bits per heavy atom. The van der Waals surface area contributed by atoms with Crippen LogP contribution in [0.3, 0.4) is 0 Å². The first kappa shape index (κ1) is 16.5. The van der Waals surface area contributed by atoms with Crippen LogP contribution in [-0.4, -0.2) is 18.5 Å². The molecule has 3 aliphatic carbocycles. The normalized spacial score (nSPS) is 31.7. The van der Waals surface area contributed by atoms with Crippen LogP contribution < -0.4 is 0 Å². The van der Waals surface area contributed by atoms with Crippen molar-refractivity contribution in [2.45, 2.75) is 102 Å². The summed E-state index contributed by atoms with van der Waals surface area (Å²) in [5.41, 5.74) is 0. The maximum absolute atomic E-state index is 6.51. The largest absolute Gasteiger partial charge is 0.349 e. The Morgan fingerprint density at radius 1 is 0.818 bits per heavy atom. The average Bonchev–Trinajstić information content (AvgIpc) is 2.56. The first-order valence-corrected chi connectivity index (χ1v) is 9.79. The molecule has 2 unspecified atom stereocenters. The smallest absolute Gasteiger partial charge is 0.164 e. The Kier molecular flexibility index (Phi) is 6.38. The second-order valence-corrected chi connectivity index (χ2v) is 7.83. The van der Waals surface area contributed by atoms with Gasteiger partial charge in [0.1, 0.15) is 0 Å². The molecule has 0 aromatic heterocycles. The Bertz CT molecular complexity index is 320. The average molecular weight is 306 g/mol. The summed E-state index contributed by atoms with van der Waals surface area (Å²) < 4.78 is 13.0. The fourth-order valence-electron chi connectivity index (χ4n) is 4.34. The first-order valence-electron chi connectivity index (χ1n) is 9.79. The van der Waals surface area contributed by atoms with Crippen molar-refractivity contribution in [3.05, 3.63) is 12.2 Å². The molecule has 0 aromatic carbocycles. The predicted molar refractivity (Wildman–Crippen MR) is 90.7 cm³/mol. The quantitative estimate of drug-likeness (QED) is 0.485. The molecule has 0 N–H and O–H groups in total. The maximum Gasteiger partial charge on any atom is 0.164 e. The van der Waals surface area contributed by atoms with Crippen LogP contribution >= 0.6 is 0 Å². The summed E-state index contributed by atoms with van der Waals surface area (Å²) in [6.07, 6.45) is 21.1. The molecule has 0 amide bonds. The summed E-state index contributed by atoms with van der Waals surface area (Å²) in [6.45, 7) is 2.36. The van der Waals surface area contributed by atoms with Gasteiger partial charge >= 0.3 is 0 Å². The molecular weight excluding hydrogens is 272 g/mol. The van der Waals surface area contributed by atoms with Crippen LogP contribution in [0.1, 0.15) is 84.0 Å². The third-order valence-electron chi connectivity index (χ3n) is 5.70. The van der Waals surface area contributed by atoms with E-state index in [4.69, 9.17) is 9.47 Å². The van der Waals surface area contributed by atoms with Crippen molar-refractivity contribution in [1.29, 1.82) is 0 Å². The number of hydrogen-bond acceptors (Lipinski definition) is 2. The lowest BCUT2D eigenvalue weighted by atomic mass is 9.87. The minimum Gasteiger partial charge on any atom is -0.349 e. The molecule has 0 aliphatic heterocycles. The van der Waals surface area contributed by atoms with E-state index in [0.717, 1.165) is 5.92 Å². The SMILES string of the molecule is CC1CC=CC(C(OC2CCCCC2)OC2CCCCC2)C1. The predicted octanol–water partition coefficient (Wildman–Crippen LogP) is 5.61. The Balaban J connectivity index is 1.60. The lowest BCUT2D eigenvalue weighted by molar-refractivity contribution is -0.223. The van der Waals surface area contributed by atoms with Crippen LogP contribution in [0.2, 0.25) is 0 Å². The van der Waals surface area contributed by atoms with Crippen LogP contribution in [0.4, 0.5) is 0 Å². The summed E-state index contributed by atoms with van der Waals surface area (Å²) in [6, 6.07) is 0. The van der Waals surface area contributed by atoms with Gasteiger partial charge in [0.25, 0.3) is 0 Å². The molecule has 0 aromatic rings. The molecule has 22 heavy (non-hydrogen) atoms. The molecule has 0 heterocycles. The van der Waals surface area contributed by atoms with Crippen molar-refractivity contribution in [3.8, 4) is 0 Å². The summed E-state index contributed by atoms with van der Waals surface area (Å²) >= 11 is 0. The molecule has 0 bridgehead atoms. The molecule has 3 rings (SSSR count). The van der Waals surface area contributed by atoms with Crippen LogP contribution in [-0.2, 0) is 9.47 Å². The van der Waals surface area contributed by atoms with E-state index in [1.165, 1.54) is 77.0 Å². The molecule has 126 valence electrons. The highest BCUT2D eigenvalue weighted by Gasteiger charge is 2.30. The molecule has 0 spiro atoms. The van der Waals surface area contributed by atoms with Crippen molar-refractivity contribution in [1.82, 2.24) is 0 Å². The van der Waals surface area contributed by atoms with Crippen molar-refractivity contribution < 1.29 is 9.47 Å². The van der Waals surface area contributed by atoms with E-state index in [2.05, 4.69) is 19.1 Å². The molecule has 2 atom stereocenters. The van der Waals surface area contributed by atoms with E-state index in [9.17, 15) is 0 Å². The van der Waals surface area contributed by atoms with Gasteiger partial charge in [-0.05, 0) is 44.4 Å². The van der Waals surface area contributed by atoms with Gasteiger partial charge in [0.05, 0.1) is 12.2 Å². The molecule has 3 aliphatic rings. The monoisotopic (exact) mass is 306 g/mol. The second kappa shape index (κ2) is 8.49. The fraction of sp³-hybridized carbons (Fsp3) is 0.900. The maximum atomic E-state index is 6.51. The molecule has 0 saturated heterocycles. The standard InChI is InChI=1S/C20H34O2/c1-16-9-8-10-17(15-16)20(21-18-11-4-2-5-12-18)22-19-13-6-3-7-14-19/h8,10,16-20H,2-7,9,11-15H2,1H3. The van der Waals surface area contributed by atoms with E-state index in [1.54, 1.807) is 0 Å². The second-order valence-electron chi connectivity index (χ2n) is 7.83. The third kappa shape index (κ3) is 4.83. The van der Waals surface area contributed by atoms with Crippen LogP contribution in [0.15, 0.2) is 12.2 Å². The van der Waals surface area contributed by atoms with Gasteiger partial charge in [-0.1, -0.05) is 57.6 Å². The van der Waals surface area contributed by atoms with Crippen LogP contribution in [0.25, 0.3) is 0 Å². The number of ether oxygens (including phenoxy) is 2. The Labute approximate surface area is 136 Å². The van der Waals surface area contributed by atoms with Crippen molar-refractivity contribution in [2.75, 3.05) is 0 Å². The van der Waals surface area contributed by atoms with Gasteiger partial charge in [0.15, 0.2) is 6.29 Å². The van der Waals surface area contributed by atoms with Gasteiger partial charge in [0, 0.05) is 5.92 Å². The highest BCUT2D eigenvalue weighted by atomic mass is 16.7. The summed E-state index contributed by atoms with van der Waals surface area (Å²) in [5, 5.41) is 0. The van der Waals surface area contributed by atoms with Gasteiger partial charge in [-0.15, -0.1) is 0 Å². The lowest BCUT2D eigenvalue weighted by Crippen LogP contribution is -2.37. The topological polar surface area (TPSA) is 18.5 Å². The van der Waals surface area contributed by atoms with Gasteiger partial charge in [0.2, 0.25) is 0 Å². The minimum atomic E-state index is 0.00481. The zero-order chi connectivity index (χ0) is 15.2. The molecule has 2 saturated carbocycles. The molecule has 2 fully saturated rings. The molecule has 2 heteroatoms. The van der Waals surface area contributed by atoms with E-state index in [1.807, 2.05) is 0 Å². The lowest BCUT2D eigenvalue weighted by Gasteiger charge is -2.36. The number of allylic oxidation sites excluding steroid dienone is 1. The van der Waals surface area contributed by atoms with Gasteiger partial charge in [-0.2, -0.15) is 0 Å². The molecular formula is C20H34O2. The van der Waals surface area contributed by atoms with Crippen LogP contribution in [0.5, 0.6) is 0 Å². The number of rotatable bonds is 5. The Hall–Kier alpha value is -0.340. The van der Waals surface area contributed by atoms with E-state index >= 15 is 0 Å². The van der Waals surface area contributed by atoms with E-state index in [0.29, 0.717) is 18.1 Å². The van der Waals surface area contributed by atoms with Gasteiger partial charge in [-0.25, -0.2) is 0 Å². The third-order valence-corrected chi connectivity index (χ3v) is 5.70. The minimum absolute atomic E-state index is 0.00481. The van der Waals surface area contributed by atoms with Crippen molar-refractivity contribution >= 4 is 0 Å². The molecule has 2 nitrogen and oxygen atoms in total. The van der Waals surface area contributed by atoms with Crippen LogP contribution in [0, 0.1) is 11.8 Å². The summed E-state index contributed by atoms with van der Waals surface area (Å²) in [7, 11) is 0. The highest BCUT2D eigenvalue weighted by molar-refractivity contribution is 4.97. The zero-order valence-corrected chi connectivity index (χ0v) is 14.3. The van der Waals surface area contributed by atoms with Crippen molar-refractivity contribution in [3.63, 3.8) is 0 Å². The van der Waals surface area contributed by atoms with Gasteiger partial charge in [-0.3, -0.25) is 0 Å². The summed E-state index contributed by atoms with van der Waals surface area (Å²) in [4.78, 5) is 0. The van der Waals surface area contributed by atoms with E-state index in [-0.39, 0.29) is 6.29 Å². The Morgan fingerprint density at radius 3 is 1.86 bits per heavy atom. The summed E-state index contributed by atoms with van der Waals surface area (Å²) in [5.74, 6) is 1.23. The van der Waals surface area contributed by atoms with Gasteiger partial charge < -0.3 is 9.47 Å².